The Morgan fingerprint density at radius 2 is 1.74 bits per heavy atom. The van der Waals surface area contributed by atoms with Crippen molar-refractivity contribution in [1.82, 2.24) is 0 Å². The molecule has 0 atom stereocenters. The van der Waals surface area contributed by atoms with E-state index < -0.39 is 0 Å². The molecule has 1 aliphatic heterocycles. The van der Waals surface area contributed by atoms with Gasteiger partial charge in [0.25, 0.3) is 5.91 Å². The van der Waals surface area contributed by atoms with Crippen LogP contribution in [-0.4, -0.2) is 15.3 Å². The molecule has 0 bridgehead atoms. The molecule has 0 aliphatic carbocycles. The van der Waals surface area contributed by atoms with Gasteiger partial charge in [-0.25, -0.2) is 0 Å². The van der Waals surface area contributed by atoms with Crippen LogP contribution in [0.1, 0.15) is 5.56 Å². The summed E-state index contributed by atoms with van der Waals surface area (Å²) in [7, 11) is 0. The molecule has 1 N–H and O–H groups in total. The van der Waals surface area contributed by atoms with Gasteiger partial charge in [-0.1, -0.05) is 42.2 Å². The number of thiocarbonyl (C=S) groups is 1. The summed E-state index contributed by atoms with van der Waals surface area (Å²) >= 11 is 13.2. The van der Waals surface area contributed by atoms with E-state index in [1.807, 2.05) is 30.3 Å². The lowest BCUT2D eigenvalue weighted by molar-refractivity contribution is -0.113. The normalized spacial score (nSPS) is 16.4. The Morgan fingerprint density at radius 1 is 1.13 bits per heavy atom. The van der Waals surface area contributed by atoms with Gasteiger partial charge in [-0.2, -0.15) is 0 Å². The number of anilines is 1. The first-order chi connectivity index (χ1) is 11.0. The van der Waals surface area contributed by atoms with Crippen LogP contribution in [-0.2, 0) is 4.79 Å². The van der Waals surface area contributed by atoms with Crippen LogP contribution in [0.2, 0.25) is 0 Å². The average Bonchev–Trinajstić information content (AvgIpc) is 2.80. The second-order valence-electron chi connectivity index (χ2n) is 4.69. The highest BCUT2D eigenvalue weighted by Crippen LogP contribution is 2.38. The molecule has 1 saturated heterocycles. The van der Waals surface area contributed by atoms with Crippen molar-refractivity contribution in [1.29, 1.82) is 0 Å². The van der Waals surface area contributed by atoms with Gasteiger partial charge in [0.2, 0.25) is 0 Å². The van der Waals surface area contributed by atoms with Crippen molar-refractivity contribution >= 4 is 77.8 Å². The van der Waals surface area contributed by atoms with Gasteiger partial charge in [0.1, 0.15) is 5.75 Å². The van der Waals surface area contributed by atoms with Crippen molar-refractivity contribution in [2.45, 2.75) is 0 Å². The molecular weight excluding hydrogens is 462 g/mol. The Balaban J connectivity index is 1.96. The van der Waals surface area contributed by atoms with Crippen molar-refractivity contribution in [2.24, 2.45) is 0 Å². The van der Waals surface area contributed by atoms with Gasteiger partial charge in [0, 0.05) is 0 Å². The number of thioether (sulfide) groups is 1. The molecule has 0 spiro atoms. The van der Waals surface area contributed by atoms with E-state index in [2.05, 4.69) is 31.9 Å². The summed E-state index contributed by atoms with van der Waals surface area (Å²) in [5.41, 5.74) is 1.54. The lowest BCUT2D eigenvalue weighted by atomic mass is 10.2. The summed E-state index contributed by atoms with van der Waals surface area (Å²) in [6.07, 6.45) is 1.76. The molecule has 0 radical (unpaired) electrons. The minimum absolute atomic E-state index is 0.124. The second-order valence-corrected chi connectivity index (χ2v) is 8.07. The minimum atomic E-state index is -0.147. The molecule has 3 nitrogen and oxygen atoms in total. The fourth-order valence-corrected chi connectivity index (χ4v) is 4.61. The summed E-state index contributed by atoms with van der Waals surface area (Å²) in [6.45, 7) is 0. The molecule has 23 heavy (non-hydrogen) atoms. The van der Waals surface area contributed by atoms with Gasteiger partial charge in [-0.15, -0.1) is 0 Å². The zero-order valence-corrected chi connectivity index (χ0v) is 16.3. The number of hydrogen-bond donors (Lipinski definition) is 1. The van der Waals surface area contributed by atoms with E-state index in [4.69, 9.17) is 12.2 Å². The van der Waals surface area contributed by atoms with Crippen LogP contribution in [0.25, 0.3) is 6.08 Å². The fraction of sp³-hybridized carbons (Fsp3) is 0. The molecule has 7 heteroatoms. The highest BCUT2D eigenvalue weighted by atomic mass is 79.9. The first-order valence-corrected chi connectivity index (χ1v) is 9.29. The van der Waals surface area contributed by atoms with Gasteiger partial charge in [-0.3, -0.25) is 9.69 Å². The molecule has 2 aromatic rings. The number of carbonyl (C=O) groups is 1. The van der Waals surface area contributed by atoms with E-state index >= 15 is 0 Å². The average molecular weight is 471 g/mol. The number of nitrogens with zero attached hydrogens (tertiary/aromatic N) is 1. The van der Waals surface area contributed by atoms with Crippen LogP contribution in [0.15, 0.2) is 56.3 Å². The predicted molar refractivity (Wildman–Crippen MR) is 106 cm³/mol. The molecule has 0 aromatic heterocycles. The summed E-state index contributed by atoms with van der Waals surface area (Å²) in [5.74, 6) is -0.0227. The molecule has 0 unspecified atom stereocenters. The molecule has 116 valence electrons. The van der Waals surface area contributed by atoms with Crippen molar-refractivity contribution in [3.8, 4) is 5.75 Å². The van der Waals surface area contributed by atoms with Gasteiger partial charge in [0.15, 0.2) is 4.32 Å². The van der Waals surface area contributed by atoms with E-state index in [1.54, 1.807) is 18.2 Å². The third kappa shape index (κ3) is 3.38. The summed E-state index contributed by atoms with van der Waals surface area (Å²) in [4.78, 5) is 14.7. The summed E-state index contributed by atoms with van der Waals surface area (Å²) in [6, 6.07) is 12.8. The van der Waals surface area contributed by atoms with E-state index in [0.717, 1.165) is 11.3 Å². The standard InChI is InChI=1S/C16H9Br2NO2S2/c17-11-6-9(7-12(18)14(11)20)8-13-15(21)19(16(22)23-13)10-4-2-1-3-5-10/h1-8,20H. The van der Waals surface area contributed by atoms with Crippen LogP contribution in [0.5, 0.6) is 5.75 Å². The Hall–Kier alpha value is -1.15. The van der Waals surface area contributed by atoms with Crippen LogP contribution < -0.4 is 4.90 Å². The summed E-state index contributed by atoms with van der Waals surface area (Å²) < 4.78 is 1.61. The van der Waals surface area contributed by atoms with Crippen LogP contribution >= 0.6 is 55.8 Å². The number of halogens is 2. The molecular formula is C16H9Br2NO2S2. The van der Waals surface area contributed by atoms with E-state index in [1.165, 1.54) is 16.7 Å². The van der Waals surface area contributed by atoms with Gasteiger partial charge >= 0.3 is 0 Å². The third-order valence-corrected chi connectivity index (χ3v) is 5.66. The van der Waals surface area contributed by atoms with Crippen molar-refractivity contribution in [3.05, 3.63) is 61.9 Å². The number of carbonyl (C=O) groups excluding carboxylic acids is 1. The topological polar surface area (TPSA) is 40.5 Å². The SMILES string of the molecule is O=C1C(=Cc2cc(Br)c(O)c(Br)c2)SC(=S)N1c1ccccc1. The maximum absolute atomic E-state index is 12.6. The number of para-hydroxylation sites is 1. The minimum Gasteiger partial charge on any atom is -0.506 e. The largest absolute Gasteiger partial charge is 0.506 e. The molecule has 1 heterocycles. The zero-order valence-electron chi connectivity index (χ0n) is 11.5. The Kier molecular flexibility index (Phi) is 4.91. The molecule has 1 aliphatic rings. The highest BCUT2D eigenvalue weighted by Gasteiger charge is 2.33. The Bertz CT molecular complexity index is 814. The number of amides is 1. The monoisotopic (exact) mass is 469 g/mol. The smallest absolute Gasteiger partial charge is 0.270 e. The number of aromatic hydroxyl groups is 1. The molecule has 3 rings (SSSR count). The van der Waals surface area contributed by atoms with Gasteiger partial charge in [-0.05, 0) is 67.8 Å². The number of phenols is 1. The van der Waals surface area contributed by atoms with Crippen LogP contribution in [0.3, 0.4) is 0 Å². The van der Waals surface area contributed by atoms with E-state index in [0.29, 0.717) is 18.2 Å². The fourth-order valence-electron chi connectivity index (χ4n) is 2.09. The Morgan fingerprint density at radius 3 is 2.35 bits per heavy atom. The molecule has 0 saturated carbocycles. The van der Waals surface area contributed by atoms with Crippen LogP contribution in [0, 0.1) is 0 Å². The molecule has 2 aromatic carbocycles. The molecule has 1 amide bonds. The lowest BCUT2D eigenvalue weighted by Crippen LogP contribution is -2.27. The number of rotatable bonds is 2. The predicted octanol–water partition coefficient (Wildman–Crippen LogP) is 5.32. The third-order valence-electron chi connectivity index (χ3n) is 3.15. The van der Waals surface area contributed by atoms with Crippen LogP contribution in [0.4, 0.5) is 5.69 Å². The van der Waals surface area contributed by atoms with Gasteiger partial charge < -0.3 is 5.11 Å². The zero-order chi connectivity index (χ0) is 16.6. The van der Waals surface area contributed by atoms with E-state index in [9.17, 15) is 9.90 Å². The quantitative estimate of drug-likeness (QED) is 0.476. The van der Waals surface area contributed by atoms with Crippen molar-refractivity contribution < 1.29 is 9.90 Å². The molecule has 1 fully saturated rings. The first kappa shape index (κ1) is 16.7. The van der Waals surface area contributed by atoms with Crippen molar-refractivity contribution in [2.75, 3.05) is 4.90 Å². The lowest BCUT2D eigenvalue weighted by Gasteiger charge is -2.13. The second kappa shape index (κ2) is 6.76. The van der Waals surface area contributed by atoms with Crippen molar-refractivity contribution in [3.63, 3.8) is 0 Å². The maximum atomic E-state index is 12.6. The number of hydrogen-bond acceptors (Lipinski definition) is 4. The maximum Gasteiger partial charge on any atom is 0.270 e. The number of benzene rings is 2. The first-order valence-electron chi connectivity index (χ1n) is 6.48. The highest BCUT2D eigenvalue weighted by molar-refractivity contribution is 9.11. The van der Waals surface area contributed by atoms with Gasteiger partial charge in [0.05, 0.1) is 19.5 Å². The Labute approximate surface area is 159 Å². The number of phenolic OH excluding ortho intramolecular Hbond substituents is 1. The van der Waals surface area contributed by atoms with E-state index in [-0.39, 0.29) is 11.7 Å². The summed E-state index contributed by atoms with van der Waals surface area (Å²) in [5, 5.41) is 9.76.